The second kappa shape index (κ2) is 8.01. The van der Waals surface area contributed by atoms with Gasteiger partial charge < -0.3 is 24.4 Å². The van der Waals surface area contributed by atoms with Crippen molar-refractivity contribution in [1.29, 1.82) is 0 Å². The third-order valence-electron chi connectivity index (χ3n) is 5.16. The van der Waals surface area contributed by atoms with Gasteiger partial charge in [0.2, 0.25) is 6.79 Å². The molecule has 2 aliphatic rings. The highest BCUT2D eigenvalue weighted by Gasteiger charge is 2.46. The minimum atomic E-state index is -0.719. The van der Waals surface area contributed by atoms with Crippen molar-refractivity contribution in [3.05, 3.63) is 64.2 Å². The number of ketones is 1. The minimum absolute atomic E-state index is 0.0416. The number of amides is 1. The van der Waals surface area contributed by atoms with E-state index in [1.165, 1.54) is 4.90 Å². The molecule has 0 aromatic heterocycles. The molecule has 0 saturated carbocycles. The van der Waals surface area contributed by atoms with Gasteiger partial charge >= 0.3 is 0 Å². The molecule has 0 bridgehead atoms. The van der Waals surface area contributed by atoms with E-state index in [1.54, 1.807) is 42.5 Å². The summed E-state index contributed by atoms with van der Waals surface area (Å²) in [7, 11) is 3.78. The van der Waals surface area contributed by atoms with Crippen molar-refractivity contribution in [2.45, 2.75) is 6.04 Å². The van der Waals surface area contributed by atoms with E-state index in [4.69, 9.17) is 21.1 Å². The maximum atomic E-state index is 13.0. The van der Waals surface area contributed by atoms with Gasteiger partial charge in [-0.05, 0) is 50.0 Å². The second-order valence-electron chi connectivity index (χ2n) is 7.42. The zero-order chi connectivity index (χ0) is 21.4. The molecular weight excluding hydrogens is 408 g/mol. The van der Waals surface area contributed by atoms with Crippen molar-refractivity contribution in [3.63, 3.8) is 0 Å². The van der Waals surface area contributed by atoms with E-state index in [9.17, 15) is 14.7 Å². The average molecular weight is 429 g/mol. The Hall–Kier alpha value is -3.03. The van der Waals surface area contributed by atoms with E-state index >= 15 is 0 Å². The number of Topliss-reactive ketones (excluding diaryl/α,β-unsaturated/α-hetero) is 1. The zero-order valence-electron chi connectivity index (χ0n) is 16.6. The number of nitrogens with zero attached hydrogens (tertiary/aromatic N) is 2. The lowest BCUT2D eigenvalue weighted by Gasteiger charge is -2.26. The molecule has 156 valence electrons. The van der Waals surface area contributed by atoms with Gasteiger partial charge in [0.1, 0.15) is 5.76 Å². The quantitative estimate of drug-likeness (QED) is 0.448. The van der Waals surface area contributed by atoms with E-state index < -0.39 is 17.7 Å². The van der Waals surface area contributed by atoms with Crippen molar-refractivity contribution >= 4 is 29.1 Å². The van der Waals surface area contributed by atoms with Crippen LogP contribution in [-0.2, 0) is 9.59 Å². The number of carbonyl (C=O) groups excluding carboxylic acids is 2. The Morgan fingerprint density at radius 3 is 2.53 bits per heavy atom. The van der Waals surface area contributed by atoms with Crippen LogP contribution in [0.5, 0.6) is 11.5 Å². The summed E-state index contributed by atoms with van der Waals surface area (Å²) in [6.07, 6.45) is 0. The number of carbonyl (C=O) groups is 2. The first-order valence-corrected chi connectivity index (χ1v) is 9.83. The zero-order valence-corrected chi connectivity index (χ0v) is 17.3. The Morgan fingerprint density at radius 2 is 1.83 bits per heavy atom. The second-order valence-corrected chi connectivity index (χ2v) is 7.85. The molecule has 1 N–H and O–H groups in total. The van der Waals surface area contributed by atoms with Crippen LogP contribution in [0.4, 0.5) is 0 Å². The van der Waals surface area contributed by atoms with Gasteiger partial charge in [-0.2, -0.15) is 0 Å². The summed E-state index contributed by atoms with van der Waals surface area (Å²) < 4.78 is 10.7. The van der Waals surface area contributed by atoms with E-state index in [2.05, 4.69) is 0 Å². The van der Waals surface area contributed by atoms with Crippen molar-refractivity contribution < 1.29 is 24.2 Å². The highest BCUT2D eigenvalue weighted by molar-refractivity contribution is 6.46. The number of ether oxygens (including phenoxy) is 2. The van der Waals surface area contributed by atoms with E-state index in [1.807, 2.05) is 19.0 Å². The van der Waals surface area contributed by atoms with Crippen molar-refractivity contribution in [2.75, 3.05) is 34.0 Å². The van der Waals surface area contributed by atoms with E-state index in [-0.39, 0.29) is 18.1 Å². The van der Waals surface area contributed by atoms with Gasteiger partial charge in [-0.25, -0.2) is 0 Å². The Bertz CT molecular complexity index is 1030. The largest absolute Gasteiger partial charge is 0.507 e. The number of hydrogen-bond acceptors (Lipinski definition) is 6. The molecule has 1 unspecified atom stereocenters. The van der Waals surface area contributed by atoms with Gasteiger partial charge in [-0.3, -0.25) is 9.59 Å². The minimum Gasteiger partial charge on any atom is -0.507 e. The molecule has 2 aromatic carbocycles. The Balaban J connectivity index is 1.82. The number of aliphatic hydroxyl groups excluding tert-OH is 1. The Labute approximate surface area is 179 Å². The van der Waals surface area contributed by atoms with Gasteiger partial charge in [-0.1, -0.05) is 23.7 Å². The van der Waals surface area contributed by atoms with Crippen LogP contribution in [0.2, 0.25) is 5.02 Å². The van der Waals surface area contributed by atoms with Gasteiger partial charge in [-0.15, -0.1) is 0 Å². The molecule has 2 heterocycles. The van der Waals surface area contributed by atoms with Crippen LogP contribution < -0.4 is 9.47 Å². The maximum absolute atomic E-state index is 13.0. The molecule has 2 aromatic rings. The third kappa shape index (κ3) is 3.62. The maximum Gasteiger partial charge on any atom is 0.295 e. The number of likely N-dealkylation sites (tertiary alicyclic amines) is 1. The Morgan fingerprint density at radius 1 is 1.13 bits per heavy atom. The van der Waals surface area contributed by atoms with Gasteiger partial charge in [0.15, 0.2) is 11.5 Å². The van der Waals surface area contributed by atoms with Crippen LogP contribution in [-0.4, -0.2) is 60.6 Å². The lowest BCUT2D eigenvalue weighted by Crippen LogP contribution is -2.35. The van der Waals surface area contributed by atoms with Crippen LogP contribution in [0.1, 0.15) is 17.2 Å². The van der Waals surface area contributed by atoms with E-state index in [0.29, 0.717) is 40.7 Å². The molecule has 8 heteroatoms. The fourth-order valence-electron chi connectivity index (χ4n) is 3.61. The summed E-state index contributed by atoms with van der Waals surface area (Å²) in [6.45, 7) is 1.00. The molecule has 1 amide bonds. The predicted molar refractivity (Wildman–Crippen MR) is 112 cm³/mol. The smallest absolute Gasteiger partial charge is 0.295 e. The molecule has 4 rings (SSSR count). The number of benzene rings is 2. The first-order valence-electron chi connectivity index (χ1n) is 9.45. The monoisotopic (exact) mass is 428 g/mol. The van der Waals surface area contributed by atoms with Crippen LogP contribution in [0.25, 0.3) is 5.76 Å². The number of likely N-dealkylation sites (N-methyl/N-ethyl adjacent to an activating group) is 1. The summed E-state index contributed by atoms with van der Waals surface area (Å²) in [5.74, 6) is -0.571. The summed E-state index contributed by atoms with van der Waals surface area (Å²) in [5.41, 5.74) is 1.11. The lowest BCUT2D eigenvalue weighted by atomic mass is 9.95. The van der Waals surface area contributed by atoms with Crippen LogP contribution in [0.3, 0.4) is 0 Å². The molecule has 1 atom stereocenters. The van der Waals surface area contributed by atoms with Crippen LogP contribution in [0, 0.1) is 0 Å². The number of fused-ring (bicyclic) bond motifs is 1. The highest BCUT2D eigenvalue weighted by Crippen LogP contribution is 2.41. The third-order valence-corrected chi connectivity index (χ3v) is 5.41. The SMILES string of the molecule is CN(C)CCN1C(=O)C(=O)C(=C(O)c2ccc3c(c2)OCO3)C1c1ccc(Cl)cc1. The molecule has 0 aliphatic carbocycles. The fourth-order valence-corrected chi connectivity index (χ4v) is 3.74. The highest BCUT2D eigenvalue weighted by atomic mass is 35.5. The normalized spacial score (nSPS) is 19.7. The van der Waals surface area contributed by atoms with E-state index in [0.717, 1.165) is 0 Å². The molecule has 0 spiro atoms. The predicted octanol–water partition coefficient (Wildman–Crippen LogP) is 3.05. The summed E-state index contributed by atoms with van der Waals surface area (Å²) in [4.78, 5) is 29.2. The molecule has 1 fully saturated rings. The van der Waals surface area contributed by atoms with Gasteiger partial charge in [0, 0.05) is 23.7 Å². The van der Waals surface area contributed by atoms with Crippen molar-refractivity contribution in [3.8, 4) is 11.5 Å². The molecular formula is C22H21ClN2O5. The summed E-state index contributed by atoms with van der Waals surface area (Å²) >= 11 is 6.02. The topological polar surface area (TPSA) is 79.3 Å². The van der Waals surface area contributed by atoms with Crippen LogP contribution >= 0.6 is 11.6 Å². The lowest BCUT2D eigenvalue weighted by molar-refractivity contribution is -0.140. The molecule has 1 saturated heterocycles. The number of aliphatic hydroxyl groups is 1. The van der Waals surface area contributed by atoms with Crippen molar-refractivity contribution in [1.82, 2.24) is 9.80 Å². The average Bonchev–Trinajstić information content (AvgIpc) is 3.29. The number of halogens is 1. The van der Waals surface area contributed by atoms with Crippen molar-refractivity contribution in [2.24, 2.45) is 0 Å². The number of hydrogen-bond donors (Lipinski definition) is 1. The molecule has 2 aliphatic heterocycles. The summed E-state index contributed by atoms with van der Waals surface area (Å²) in [6, 6.07) is 11.1. The molecule has 0 radical (unpaired) electrons. The first-order chi connectivity index (χ1) is 14.4. The van der Waals surface area contributed by atoms with Crippen LogP contribution in [0.15, 0.2) is 48.0 Å². The first kappa shape index (κ1) is 20.3. The number of rotatable bonds is 5. The Kier molecular flexibility index (Phi) is 5.40. The summed E-state index contributed by atoms with van der Waals surface area (Å²) in [5, 5.41) is 11.6. The van der Waals surface area contributed by atoms with Gasteiger partial charge in [0.05, 0.1) is 11.6 Å². The molecule has 7 nitrogen and oxygen atoms in total. The standard InChI is InChI=1S/C22H21ClN2O5/c1-24(2)9-10-25-19(13-3-6-15(23)7-4-13)18(21(27)22(25)28)20(26)14-5-8-16-17(11-14)30-12-29-16/h3-8,11,19,26H,9-10,12H2,1-2H3. The van der Waals surface area contributed by atoms with Gasteiger partial charge in [0.25, 0.3) is 11.7 Å². The fraction of sp³-hybridized carbons (Fsp3) is 0.273. The molecule has 30 heavy (non-hydrogen) atoms.